The second kappa shape index (κ2) is 3.98. The Hall–Kier alpha value is -1.07. The van der Waals surface area contributed by atoms with Crippen LogP contribution in [0.25, 0.3) is 0 Å². The average Bonchev–Trinajstić information content (AvgIpc) is 2.62. The minimum Gasteiger partial charge on any atom is -0.429 e. The average molecular weight is 271 g/mol. The summed E-state index contributed by atoms with van der Waals surface area (Å²) in [6.07, 6.45) is 1.69. The van der Waals surface area contributed by atoms with Crippen LogP contribution < -0.4 is 10.5 Å². The fourth-order valence-electron chi connectivity index (χ4n) is 0.967. The molecule has 0 spiro atoms. The Labute approximate surface area is 93.7 Å². The lowest BCUT2D eigenvalue weighted by Gasteiger charge is -2.04. The van der Waals surface area contributed by atoms with E-state index < -0.39 is 0 Å². The van der Waals surface area contributed by atoms with Crippen molar-refractivity contribution in [1.82, 2.24) is 4.98 Å². The molecular weight excluding hydrogens is 264 g/mol. The molecule has 0 bridgehead atoms. The largest absolute Gasteiger partial charge is 0.429 e. The van der Waals surface area contributed by atoms with Crippen molar-refractivity contribution in [2.45, 2.75) is 0 Å². The molecule has 0 amide bonds. The van der Waals surface area contributed by atoms with Crippen molar-refractivity contribution in [1.29, 1.82) is 0 Å². The van der Waals surface area contributed by atoms with Gasteiger partial charge in [0.15, 0.2) is 5.75 Å². The Morgan fingerprint density at radius 3 is 2.93 bits per heavy atom. The summed E-state index contributed by atoms with van der Waals surface area (Å²) >= 11 is 4.76. The molecule has 1 aromatic heterocycles. The summed E-state index contributed by atoms with van der Waals surface area (Å²) in [6.45, 7) is 0. The third-order valence-electron chi connectivity index (χ3n) is 1.58. The van der Waals surface area contributed by atoms with E-state index in [4.69, 9.17) is 10.5 Å². The minimum atomic E-state index is 0.592. The maximum absolute atomic E-state index is 5.76. The van der Waals surface area contributed by atoms with Crippen molar-refractivity contribution in [3.05, 3.63) is 34.2 Å². The number of anilines is 1. The van der Waals surface area contributed by atoms with E-state index in [2.05, 4.69) is 20.9 Å². The van der Waals surface area contributed by atoms with Gasteiger partial charge >= 0.3 is 0 Å². The van der Waals surface area contributed by atoms with Crippen LogP contribution in [0.5, 0.6) is 10.9 Å². The van der Waals surface area contributed by atoms with Crippen molar-refractivity contribution in [2.75, 3.05) is 5.73 Å². The number of hydrogen-bond acceptors (Lipinski definition) is 4. The van der Waals surface area contributed by atoms with Gasteiger partial charge in [0.1, 0.15) is 0 Å². The highest BCUT2D eigenvalue weighted by Crippen LogP contribution is 2.30. The predicted molar refractivity (Wildman–Crippen MR) is 60.7 cm³/mol. The second-order valence-electron chi connectivity index (χ2n) is 2.58. The zero-order valence-corrected chi connectivity index (χ0v) is 9.51. The summed E-state index contributed by atoms with van der Waals surface area (Å²) in [4.78, 5) is 4.00. The molecule has 72 valence electrons. The molecular formula is C9H7BrN2OS. The number of nitrogen functional groups attached to an aromatic ring is 1. The zero-order valence-electron chi connectivity index (χ0n) is 7.11. The number of rotatable bonds is 2. The van der Waals surface area contributed by atoms with Crippen LogP contribution in [0.4, 0.5) is 5.69 Å². The van der Waals surface area contributed by atoms with Gasteiger partial charge in [0.2, 0.25) is 0 Å². The molecule has 0 aliphatic carbocycles. The van der Waals surface area contributed by atoms with Crippen LogP contribution in [-0.2, 0) is 0 Å². The van der Waals surface area contributed by atoms with Gasteiger partial charge in [-0.15, -0.1) is 0 Å². The molecule has 5 heteroatoms. The molecule has 2 aromatic rings. The van der Waals surface area contributed by atoms with E-state index in [1.165, 1.54) is 11.3 Å². The third-order valence-corrected chi connectivity index (χ3v) is 2.72. The van der Waals surface area contributed by atoms with E-state index in [-0.39, 0.29) is 0 Å². The first kappa shape index (κ1) is 9.48. The van der Waals surface area contributed by atoms with Gasteiger partial charge in [-0.05, 0) is 18.2 Å². The van der Waals surface area contributed by atoms with E-state index in [1.807, 2.05) is 11.4 Å². The molecule has 0 saturated carbocycles. The zero-order chi connectivity index (χ0) is 9.97. The number of ether oxygens (including phenoxy) is 1. The monoisotopic (exact) mass is 270 g/mol. The molecule has 0 fully saturated rings. The van der Waals surface area contributed by atoms with Crippen molar-refractivity contribution >= 4 is 33.0 Å². The molecule has 0 atom stereocenters. The lowest BCUT2D eigenvalue weighted by molar-refractivity contribution is 0.481. The molecule has 0 radical (unpaired) electrons. The minimum absolute atomic E-state index is 0.592. The van der Waals surface area contributed by atoms with E-state index >= 15 is 0 Å². The van der Waals surface area contributed by atoms with Crippen LogP contribution in [0.2, 0.25) is 0 Å². The third kappa shape index (κ3) is 2.05. The van der Waals surface area contributed by atoms with Crippen molar-refractivity contribution in [2.24, 2.45) is 0 Å². The van der Waals surface area contributed by atoms with Gasteiger partial charge in [0, 0.05) is 16.0 Å². The first-order valence-electron chi connectivity index (χ1n) is 3.88. The van der Waals surface area contributed by atoms with Crippen molar-refractivity contribution in [3.8, 4) is 10.9 Å². The van der Waals surface area contributed by atoms with Crippen LogP contribution in [0.3, 0.4) is 0 Å². The van der Waals surface area contributed by atoms with Gasteiger partial charge in [-0.25, -0.2) is 4.98 Å². The van der Waals surface area contributed by atoms with Crippen LogP contribution in [-0.4, -0.2) is 4.98 Å². The molecule has 14 heavy (non-hydrogen) atoms. The van der Waals surface area contributed by atoms with E-state index in [0.29, 0.717) is 16.6 Å². The maximum atomic E-state index is 5.76. The SMILES string of the molecule is Nc1cc(Br)ccc1Oc1nccs1. The number of hydrogen-bond donors (Lipinski definition) is 1. The Morgan fingerprint density at radius 1 is 1.43 bits per heavy atom. The van der Waals surface area contributed by atoms with Crippen LogP contribution in [0.1, 0.15) is 0 Å². The molecule has 0 unspecified atom stereocenters. The topological polar surface area (TPSA) is 48.1 Å². The Bertz CT molecular complexity index is 430. The van der Waals surface area contributed by atoms with Crippen LogP contribution in [0.15, 0.2) is 34.2 Å². The molecule has 3 nitrogen and oxygen atoms in total. The van der Waals surface area contributed by atoms with E-state index in [0.717, 1.165) is 4.47 Å². The highest BCUT2D eigenvalue weighted by molar-refractivity contribution is 9.10. The number of benzene rings is 1. The summed E-state index contributed by atoms with van der Waals surface area (Å²) in [5.41, 5.74) is 6.35. The van der Waals surface area contributed by atoms with Crippen LogP contribution in [0, 0.1) is 0 Å². The Morgan fingerprint density at radius 2 is 2.29 bits per heavy atom. The summed E-state index contributed by atoms with van der Waals surface area (Å²) in [6, 6.07) is 5.48. The molecule has 0 aliphatic rings. The van der Waals surface area contributed by atoms with Gasteiger partial charge in [0.25, 0.3) is 5.19 Å². The summed E-state index contributed by atoms with van der Waals surface area (Å²) in [5.74, 6) is 0.628. The van der Waals surface area contributed by atoms with Crippen LogP contribution >= 0.6 is 27.3 Å². The van der Waals surface area contributed by atoms with Gasteiger partial charge in [0.05, 0.1) is 5.69 Å². The fourth-order valence-corrected chi connectivity index (χ4v) is 1.84. The number of aromatic nitrogens is 1. The first-order chi connectivity index (χ1) is 6.75. The van der Waals surface area contributed by atoms with Gasteiger partial charge in [-0.2, -0.15) is 0 Å². The highest BCUT2D eigenvalue weighted by atomic mass is 79.9. The second-order valence-corrected chi connectivity index (χ2v) is 4.36. The van der Waals surface area contributed by atoms with E-state index in [9.17, 15) is 0 Å². The molecule has 1 aromatic carbocycles. The molecule has 2 rings (SSSR count). The standard InChI is InChI=1S/C9H7BrN2OS/c10-6-1-2-8(7(11)5-6)13-9-12-3-4-14-9/h1-5H,11H2. The van der Waals surface area contributed by atoms with Gasteiger partial charge in [-0.3, -0.25) is 0 Å². The lowest BCUT2D eigenvalue weighted by atomic mass is 10.3. The Kier molecular flexibility index (Phi) is 2.69. The highest BCUT2D eigenvalue weighted by Gasteiger charge is 2.03. The number of thiazole rings is 1. The molecule has 0 saturated heterocycles. The Balaban J connectivity index is 2.25. The summed E-state index contributed by atoms with van der Waals surface area (Å²) < 4.78 is 6.40. The van der Waals surface area contributed by atoms with Crippen molar-refractivity contribution < 1.29 is 4.74 Å². The molecule has 2 N–H and O–H groups in total. The normalized spacial score (nSPS) is 10.1. The molecule has 1 heterocycles. The number of nitrogens with zero attached hydrogens (tertiary/aromatic N) is 1. The number of nitrogens with two attached hydrogens (primary N) is 1. The fraction of sp³-hybridized carbons (Fsp3) is 0. The van der Waals surface area contributed by atoms with E-state index in [1.54, 1.807) is 18.3 Å². The summed E-state index contributed by atoms with van der Waals surface area (Å²) in [7, 11) is 0. The first-order valence-corrected chi connectivity index (χ1v) is 5.55. The lowest BCUT2D eigenvalue weighted by Crippen LogP contribution is -1.91. The predicted octanol–water partition coefficient (Wildman–Crippen LogP) is 3.28. The quantitative estimate of drug-likeness (QED) is 0.853. The summed E-state index contributed by atoms with van der Waals surface area (Å²) in [5, 5.41) is 2.45. The van der Waals surface area contributed by atoms with Gasteiger partial charge < -0.3 is 10.5 Å². The maximum Gasteiger partial charge on any atom is 0.278 e. The van der Waals surface area contributed by atoms with Gasteiger partial charge in [-0.1, -0.05) is 27.3 Å². The van der Waals surface area contributed by atoms with Crippen molar-refractivity contribution in [3.63, 3.8) is 0 Å². The number of halogens is 1. The molecule has 0 aliphatic heterocycles. The smallest absolute Gasteiger partial charge is 0.278 e.